The molecule has 1 aromatic rings. The lowest BCUT2D eigenvalue weighted by atomic mass is 9.68. The molecule has 0 N–H and O–H groups in total. The number of methoxy groups -OCH3 is 1. The molecule has 7 heteroatoms. The summed E-state index contributed by atoms with van der Waals surface area (Å²) in [6, 6.07) is 3.09. The number of benzene rings is 1. The normalized spacial score (nSPS) is 32.3. The fraction of sp³-hybridized carbons (Fsp3) is 0.579. The molecule has 1 aliphatic heterocycles. The summed E-state index contributed by atoms with van der Waals surface area (Å²) < 4.78 is 37.4. The molecule has 1 saturated heterocycles. The molecule has 0 spiro atoms. The Labute approximate surface area is 150 Å². The first-order valence-corrected chi connectivity index (χ1v) is 8.91. The molecular formula is C19H21F2NO4. The number of hydrogen-bond acceptors (Lipinski definition) is 4. The van der Waals surface area contributed by atoms with Crippen molar-refractivity contribution < 1.29 is 27.8 Å². The van der Waals surface area contributed by atoms with Gasteiger partial charge in [-0.3, -0.25) is 9.59 Å². The number of halogens is 2. The van der Waals surface area contributed by atoms with Crippen LogP contribution in [0.5, 0.6) is 5.75 Å². The predicted molar refractivity (Wildman–Crippen MR) is 87.3 cm³/mol. The number of esters is 1. The molecule has 2 bridgehead atoms. The number of nitrogens with zero attached hydrogens (tertiary/aromatic N) is 1. The zero-order valence-corrected chi connectivity index (χ0v) is 14.5. The summed E-state index contributed by atoms with van der Waals surface area (Å²) in [5.41, 5.74) is -0.456. The molecule has 26 heavy (non-hydrogen) atoms. The molecule has 2 atom stereocenters. The van der Waals surface area contributed by atoms with Gasteiger partial charge in [-0.05, 0) is 37.3 Å². The Hall–Kier alpha value is -2.18. The number of carbonyl (C=O) groups excluding carboxylic acids is 2. The molecule has 5 rings (SSSR count). The first kappa shape index (κ1) is 17.2. The Balaban J connectivity index is 1.38. The second kappa shape index (κ2) is 6.21. The number of hydrogen-bond donors (Lipinski definition) is 0. The largest absolute Gasteiger partial charge is 0.485 e. The van der Waals surface area contributed by atoms with Gasteiger partial charge in [0.1, 0.15) is 11.9 Å². The van der Waals surface area contributed by atoms with Crippen LogP contribution in [0, 0.1) is 28.9 Å². The second-order valence-corrected chi connectivity index (χ2v) is 7.64. The van der Waals surface area contributed by atoms with Gasteiger partial charge in [-0.2, -0.15) is 0 Å². The second-order valence-electron chi connectivity index (χ2n) is 7.64. The highest BCUT2D eigenvalue weighted by Crippen LogP contribution is 2.62. The maximum Gasteiger partial charge on any atom is 0.308 e. The number of fused-ring (bicyclic) bond motifs is 1. The van der Waals surface area contributed by atoms with Gasteiger partial charge in [-0.1, -0.05) is 0 Å². The van der Waals surface area contributed by atoms with E-state index >= 15 is 0 Å². The number of amides is 1. The Bertz CT molecular complexity index is 747. The van der Waals surface area contributed by atoms with Gasteiger partial charge < -0.3 is 14.4 Å². The fourth-order valence-electron chi connectivity index (χ4n) is 4.76. The summed E-state index contributed by atoms with van der Waals surface area (Å²) in [7, 11) is 1.38. The van der Waals surface area contributed by atoms with E-state index < -0.39 is 17.0 Å². The molecule has 4 aliphatic rings. The highest BCUT2D eigenvalue weighted by atomic mass is 19.1. The minimum atomic E-state index is -0.617. The van der Waals surface area contributed by atoms with E-state index in [4.69, 9.17) is 9.47 Å². The summed E-state index contributed by atoms with van der Waals surface area (Å²) in [6.45, 7) is 0.875. The smallest absolute Gasteiger partial charge is 0.308 e. The lowest BCUT2D eigenvalue weighted by molar-refractivity contribution is -0.147. The van der Waals surface area contributed by atoms with Crippen molar-refractivity contribution in [1.82, 2.24) is 4.90 Å². The zero-order chi connectivity index (χ0) is 18.5. The van der Waals surface area contributed by atoms with Crippen LogP contribution in [0.1, 0.15) is 25.7 Å². The predicted octanol–water partition coefficient (Wildman–Crippen LogP) is 2.53. The summed E-state index contributed by atoms with van der Waals surface area (Å²) in [4.78, 5) is 26.5. The lowest BCUT2D eigenvalue weighted by Crippen LogP contribution is -2.46. The number of rotatable bonds is 4. The number of ether oxygens (including phenoxy) is 2. The van der Waals surface area contributed by atoms with Crippen LogP contribution in [0.3, 0.4) is 0 Å². The monoisotopic (exact) mass is 365 g/mol. The molecule has 140 valence electrons. The van der Waals surface area contributed by atoms with Gasteiger partial charge in [0.25, 0.3) is 0 Å². The van der Waals surface area contributed by atoms with E-state index in [2.05, 4.69) is 0 Å². The minimum absolute atomic E-state index is 0.0472. The zero-order valence-electron chi connectivity index (χ0n) is 14.5. The Kier molecular flexibility index (Phi) is 4.12. The third-order valence-corrected chi connectivity index (χ3v) is 6.06. The SMILES string of the molecule is COC(=O)[C@@H]1CC2(C(=O)N3CC[C@@H](Oc4cc(F)ccc4F)C3)CC1C2. The van der Waals surface area contributed by atoms with Crippen molar-refractivity contribution >= 4 is 11.9 Å². The molecule has 5 nitrogen and oxygen atoms in total. The van der Waals surface area contributed by atoms with Gasteiger partial charge in [0, 0.05) is 19.0 Å². The molecular weight excluding hydrogens is 344 g/mol. The maximum atomic E-state index is 13.7. The van der Waals surface area contributed by atoms with E-state index in [9.17, 15) is 18.4 Å². The summed E-state index contributed by atoms with van der Waals surface area (Å²) in [5, 5.41) is 0. The molecule has 0 radical (unpaired) electrons. The van der Waals surface area contributed by atoms with Gasteiger partial charge in [0.05, 0.1) is 25.0 Å². The van der Waals surface area contributed by atoms with E-state index in [-0.39, 0.29) is 35.6 Å². The topological polar surface area (TPSA) is 55.8 Å². The molecule has 3 saturated carbocycles. The van der Waals surface area contributed by atoms with E-state index in [1.54, 1.807) is 4.90 Å². The molecule has 0 unspecified atom stereocenters. The van der Waals surface area contributed by atoms with E-state index in [0.717, 1.165) is 31.0 Å². The van der Waals surface area contributed by atoms with Crippen LogP contribution < -0.4 is 4.74 Å². The summed E-state index contributed by atoms with van der Waals surface area (Å²) in [6.07, 6.45) is 2.21. The van der Waals surface area contributed by atoms with Gasteiger partial charge in [0.15, 0.2) is 11.6 Å². The highest BCUT2D eigenvalue weighted by molar-refractivity contribution is 5.87. The molecule has 0 aromatic heterocycles. The van der Waals surface area contributed by atoms with Gasteiger partial charge >= 0.3 is 5.97 Å². The maximum absolute atomic E-state index is 13.7. The Morgan fingerprint density at radius 1 is 1.23 bits per heavy atom. The first-order chi connectivity index (χ1) is 12.4. The Morgan fingerprint density at radius 3 is 2.73 bits per heavy atom. The number of carbonyl (C=O) groups is 2. The Morgan fingerprint density at radius 2 is 2.00 bits per heavy atom. The van der Waals surface area contributed by atoms with Crippen molar-refractivity contribution in [3.63, 3.8) is 0 Å². The fourth-order valence-corrected chi connectivity index (χ4v) is 4.76. The van der Waals surface area contributed by atoms with Gasteiger partial charge in [0.2, 0.25) is 5.91 Å². The summed E-state index contributed by atoms with van der Waals surface area (Å²) >= 11 is 0. The molecule has 1 aromatic carbocycles. The third kappa shape index (κ3) is 2.73. The standard InChI is InChI=1S/C19H21F2NO4/c1-25-17(23)14-9-19(7-11(14)8-19)18(24)22-5-4-13(10-22)26-16-6-12(20)2-3-15(16)21/h2-3,6,11,13-14H,4-5,7-10H2,1H3/t11?,13-,14-,19?/m1/s1. The van der Waals surface area contributed by atoms with Crippen LogP contribution in [0.15, 0.2) is 18.2 Å². The van der Waals surface area contributed by atoms with Crippen molar-refractivity contribution in [3.05, 3.63) is 29.8 Å². The van der Waals surface area contributed by atoms with E-state index in [1.165, 1.54) is 7.11 Å². The van der Waals surface area contributed by atoms with Crippen LogP contribution in [0.2, 0.25) is 0 Å². The minimum Gasteiger partial charge on any atom is -0.485 e. The number of likely N-dealkylation sites (tertiary alicyclic amines) is 1. The van der Waals surface area contributed by atoms with Crippen LogP contribution in [-0.4, -0.2) is 43.1 Å². The van der Waals surface area contributed by atoms with Crippen LogP contribution >= 0.6 is 0 Å². The molecule has 4 fully saturated rings. The van der Waals surface area contributed by atoms with Crippen molar-refractivity contribution in [2.75, 3.05) is 20.2 Å². The third-order valence-electron chi connectivity index (χ3n) is 6.06. The first-order valence-electron chi connectivity index (χ1n) is 8.91. The average Bonchev–Trinajstić information content (AvgIpc) is 3.29. The lowest BCUT2D eigenvalue weighted by Gasteiger charge is -2.39. The van der Waals surface area contributed by atoms with Crippen molar-refractivity contribution in [3.8, 4) is 5.75 Å². The summed E-state index contributed by atoms with van der Waals surface area (Å²) in [5.74, 6) is -1.43. The van der Waals surface area contributed by atoms with Crippen molar-refractivity contribution in [2.24, 2.45) is 17.3 Å². The highest BCUT2D eigenvalue weighted by Gasteiger charge is 2.63. The van der Waals surface area contributed by atoms with Crippen LogP contribution in [0.25, 0.3) is 0 Å². The van der Waals surface area contributed by atoms with Crippen molar-refractivity contribution in [2.45, 2.75) is 31.8 Å². The van der Waals surface area contributed by atoms with Gasteiger partial charge in [-0.15, -0.1) is 0 Å². The average molecular weight is 365 g/mol. The molecule has 1 amide bonds. The van der Waals surface area contributed by atoms with Crippen LogP contribution in [-0.2, 0) is 14.3 Å². The van der Waals surface area contributed by atoms with Crippen molar-refractivity contribution in [1.29, 1.82) is 0 Å². The molecule has 3 aliphatic carbocycles. The van der Waals surface area contributed by atoms with E-state index in [1.807, 2.05) is 0 Å². The molecule has 1 heterocycles. The van der Waals surface area contributed by atoms with E-state index in [0.29, 0.717) is 25.9 Å². The van der Waals surface area contributed by atoms with Gasteiger partial charge in [-0.25, -0.2) is 8.78 Å². The van der Waals surface area contributed by atoms with Crippen LogP contribution in [0.4, 0.5) is 8.78 Å². The quantitative estimate of drug-likeness (QED) is 0.770.